The van der Waals surface area contributed by atoms with E-state index in [-0.39, 0.29) is 6.61 Å². The number of aliphatic hydroxyl groups excluding tert-OH is 1. The van der Waals surface area contributed by atoms with Crippen LogP contribution in [-0.2, 0) is 14.2 Å². The zero-order valence-corrected chi connectivity index (χ0v) is 11.4. The molecule has 0 spiro atoms. The van der Waals surface area contributed by atoms with Crippen molar-refractivity contribution < 1.29 is 23.7 Å². The molecule has 2 aliphatic heterocycles. The Morgan fingerprint density at radius 3 is 2.71 bits per heavy atom. The Balaban J connectivity index is 2.01. The van der Waals surface area contributed by atoms with Crippen molar-refractivity contribution in [1.29, 1.82) is 0 Å². The average Bonchev–Trinajstić information content (AvgIpc) is 2.87. The summed E-state index contributed by atoms with van der Waals surface area (Å²) in [6.07, 6.45) is -2.22. The topological polar surface area (TPSA) is 103 Å². The minimum atomic E-state index is -1.11. The molecule has 3 heterocycles. The van der Waals surface area contributed by atoms with Crippen LogP contribution < -0.4 is 11.2 Å². The molecular weight excluding hydrogens is 287 g/mol. The number of aromatic amines is 1. The number of nitrogens with zero attached hydrogens (tertiary/aromatic N) is 1. The molecule has 0 aliphatic carbocycles. The van der Waals surface area contributed by atoms with Gasteiger partial charge in [0.15, 0.2) is 12.0 Å². The maximum Gasteiger partial charge on any atom is 0.330 e. The van der Waals surface area contributed by atoms with Gasteiger partial charge in [-0.3, -0.25) is 14.3 Å². The third kappa shape index (κ3) is 2.31. The highest BCUT2D eigenvalue weighted by atomic mass is 19.1. The molecule has 2 aliphatic rings. The summed E-state index contributed by atoms with van der Waals surface area (Å²) in [5.41, 5.74) is -1.93. The van der Waals surface area contributed by atoms with Gasteiger partial charge in [-0.1, -0.05) is 0 Å². The second-order valence-corrected chi connectivity index (χ2v) is 5.46. The molecular formula is C12H15FN2O6. The van der Waals surface area contributed by atoms with E-state index in [1.165, 1.54) is 0 Å². The molecule has 2 N–H and O–H groups in total. The second kappa shape index (κ2) is 4.73. The van der Waals surface area contributed by atoms with Gasteiger partial charge in [-0.15, -0.1) is 0 Å². The van der Waals surface area contributed by atoms with E-state index in [0.717, 1.165) is 10.8 Å². The van der Waals surface area contributed by atoms with E-state index in [4.69, 9.17) is 14.2 Å². The highest BCUT2D eigenvalue weighted by Crippen LogP contribution is 2.42. The monoisotopic (exact) mass is 302 g/mol. The fourth-order valence-electron chi connectivity index (χ4n) is 2.68. The first kappa shape index (κ1) is 14.4. The van der Waals surface area contributed by atoms with Crippen LogP contribution >= 0.6 is 0 Å². The van der Waals surface area contributed by atoms with Gasteiger partial charge in [-0.2, -0.15) is 4.39 Å². The van der Waals surface area contributed by atoms with Gasteiger partial charge in [0.25, 0.3) is 5.56 Å². The van der Waals surface area contributed by atoms with Crippen LogP contribution in [0.15, 0.2) is 15.8 Å². The molecule has 2 saturated heterocycles. The normalized spacial score (nSPS) is 34.1. The van der Waals surface area contributed by atoms with E-state index in [1.807, 2.05) is 4.98 Å². The predicted octanol–water partition coefficient (Wildman–Crippen LogP) is -0.914. The molecule has 9 heteroatoms. The average molecular weight is 302 g/mol. The molecule has 8 nitrogen and oxygen atoms in total. The molecule has 4 atom stereocenters. The van der Waals surface area contributed by atoms with Crippen LogP contribution in [-0.4, -0.2) is 45.4 Å². The van der Waals surface area contributed by atoms with Gasteiger partial charge in [-0.05, 0) is 13.8 Å². The standard InChI is InChI=1S/C12H15FN2O6/c1-12(2)20-7-6(4-16)19-10(8(7)21-12)15-3-5(13)9(17)14-11(15)18/h3,6-8,10,16H,4H2,1-2H3,(H,14,17,18)/t6-,7+,8?,10-/m1/s1. The molecule has 0 amide bonds. The van der Waals surface area contributed by atoms with Gasteiger partial charge in [0, 0.05) is 0 Å². The fourth-order valence-corrected chi connectivity index (χ4v) is 2.68. The van der Waals surface area contributed by atoms with Crippen molar-refractivity contribution in [3.8, 4) is 0 Å². The van der Waals surface area contributed by atoms with Crippen LogP contribution in [0.1, 0.15) is 20.1 Å². The van der Waals surface area contributed by atoms with Crippen LogP contribution in [0.3, 0.4) is 0 Å². The maximum atomic E-state index is 13.4. The number of ether oxygens (including phenoxy) is 3. The SMILES string of the molecule is CC1(C)OC2[C@@H](O1)[C@@H](CO)O[C@H]2n1cc(F)c(=O)[nH]c1=O. The molecule has 0 saturated carbocycles. The van der Waals surface area contributed by atoms with Gasteiger partial charge in [-0.25, -0.2) is 4.79 Å². The van der Waals surface area contributed by atoms with Crippen LogP contribution in [0.4, 0.5) is 4.39 Å². The van der Waals surface area contributed by atoms with Crippen molar-refractivity contribution in [3.05, 3.63) is 32.9 Å². The van der Waals surface area contributed by atoms with E-state index >= 15 is 0 Å². The number of aliphatic hydroxyl groups is 1. The summed E-state index contributed by atoms with van der Waals surface area (Å²) in [6, 6.07) is 0. The Hall–Kier alpha value is -1.55. The van der Waals surface area contributed by atoms with Crippen molar-refractivity contribution in [2.24, 2.45) is 0 Å². The zero-order valence-electron chi connectivity index (χ0n) is 11.4. The first-order valence-corrected chi connectivity index (χ1v) is 6.45. The third-order valence-corrected chi connectivity index (χ3v) is 3.50. The number of aromatic nitrogens is 2. The lowest BCUT2D eigenvalue weighted by atomic mass is 10.1. The minimum Gasteiger partial charge on any atom is -0.394 e. The molecule has 2 fully saturated rings. The predicted molar refractivity (Wildman–Crippen MR) is 66.1 cm³/mol. The highest BCUT2D eigenvalue weighted by Gasteiger charge is 2.55. The summed E-state index contributed by atoms with van der Waals surface area (Å²) in [5.74, 6) is -2.02. The Kier molecular flexibility index (Phi) is 3.24. The van der Waals surface area contributed by atoms with Crippen LogP contribution in [0.25, 0.3) is 0 Å². The summed E-state index contributed by atoms with van der Waals surface area (Å²) in [6.45, 7) is 3.04. The quantitative estimate of drug-likeness (QED) is 0.733. The van der Waals surface area contributed by atoms with Gasteiger partial charge < -0.3 is 19.3 Å². The molecule has 0 bridgehead atoms. The first-order valence-electron chi connectivity index (χ1n) is 6.45. The van der Waals surface area contributed by atoms with Gasteiger partial charge in [0.1, 0.15) is 18.3 Å². The minimum absolute atomic E-state index is 0.336. The fraction of sp³-hybridized carbons (Fsp3) is 0.667. The van der Waals surface area contributed by atoms with Crippen molar-refractivity contribution in [2.75, 3.05) is 6.61 Å². The summed E-state index contributed by atoms with van der Waals surface area (Å²) in [7, 11) is 0. The molecule has 1 aromatic rings. The van der Waals surface area contributed by atoms with Gasteiger partial charge in [0.05, 0.1) is 12.8 Å². The number of hydrogen-bond donors (Lipinski definition) is 2. The lowest BCUT2D eigenvalue weighted by Crippen LogP contribution is -2.38. The van der Waals surface area contributed by atoms with Gasteiger partial charge in [0.2, 0.25) is 5.82 Å². The van der Waals surface area contributed by atoms with Crippen molar-refractivity contribution in [3.63, 3.8) is 0 Å². The van der Waals surface area contributed by atoms with Gasteiger partial charge >= 0.3 is 5.69 Å². The summed E-state index contributed by atoms with van der Waals surface area (Å²) in [4.78, 5) is 24.8. The van der Waals surface area contributed by atoms with Crippen molar-refractivity contribution in [1.82, 2.24) is 9.55 Å². The van der Waals surface area contributed by atoms with E-state index < -0.39 is 47.4 Å². The Bertz CT molecular complexity index is 668. The Labute approximate surface area is 118 Å². The third-order valence-electron chi connectivity index (χ3n) is 3.50. The molecule has 1 aromatic heterocycles. The maximum absolute atomic E-state index is 13.4. The largest absolute Gasteiger partial charge is 0.394 e. The number of rotatable bonds is 2. The van der Waals surface area contributed by atoms with Crippen LogP contribution in [0.5, 0.6) is 0 Å². The number of halogens is 1. The lowest BCUT2D eigenvalue weighted by Gasteiger charge is -2.24. The zero-order chi connectivity index (χ0) is 15.4. The molecule has 0 radical (unpaired) electrons. The number of fused-ring (bicyclic) bond motifs is 1. The molecule has 21 heavy (non-hydrogen) atoms. The molecule has 116 valence electrons. The Morgan fingerprint density at radius 1 is 1.38 bits per heavy atom. The molecule has 0 aromatic carbocycles. The summed E-state index contributed by atoms with van der Waals surface area (Å²) < 4.78 is 31.1. The number of nitrogens with one attached hydrogen (secondary N) is 1. The summed E-state index contributed by atoms with van der Waals surface area (Å²) >= 11 is 0. The molecule has 1 unspecified atom stereocenters. The summed E-state index contributed by atoms with van der Waals surface area (Å²) in [5, 5.41) is 9.34. The smallest absolute Gasteiger partial charge is 0.330 e. The van der Waals surface area contributed by atoms with Crippen molar-refractivity contribution >= 4 is 0 Å². The van der Waals surface area contributed by atoms with Crippen LogP contribution in [0, 0.1) is 5.82 Å². The lowest BCUT2D eigenvalue weighted by molar-refractivity contribution is -0.200. The van der Waals surface area contributed by atoms with Crippen LogP contribution in [0.2, 0.25) is 0 Å². The second-order valence-electron chi connectivity index (χ2n) is 5.46. The van der Waals surface area contributed by atoms with E-state index in [1.54, 1.807) is 13.8 Å². The van der Waals surface area contributed by atoms with E-state index in [0.29, 0.717) is 0 Å². The van der Waals surface area contributed by atoms with E-state index in [2.05, 4.69) is 0 Å². The van der Waals surface area contributed by atoms with E-state index in [9.17, 15) is 19.1 Å². The Morgan fingerprint density at radius 2 is 2.05 bits per heavy atom. The molecule has 3 rings (SSSR count). The highest BCUT2D eigenvalue weighted by molar-refractivity contribution is 4.99. The first-order chi connectivity index (χ1) is 9.82. The number of hydrogen-bond acceptors (Lipinski definition) is 6. The van der Waals surface area contributed by atoms with Crippen molar-refractivity contribution in [2.45, 2.75) is 44.2 Å². The number of H-pyrrole nitrogens is 1.